The first-order valence-corrected chi connectivity index (χ1v) is 16.3. The smallest absolute Gasteiger partial charge is 0.231 e. The quantitative estimate of drug-likeness (QED) is 0.249. The van der Waals surface area contributed by atoms with Gasteiger partial charge in [-0.15, -0.1) is 11.3 Å². The molecule has 1 spiro atoms. The normalized spacial score (nSPS) is 19.1. The number of aliphatic hydroxyl groups excluding tert-OH is 1. The number of rotatable bonds is 12. The Kier molecular flexibility index (Phi) is 10.1. The Morgan fingerprint density at radius 1 is 1.06 bits per heavy atom. The number of carbonyl (C=O) groups excluding carboxylic acids is 3. The zero-order valence-corrected chi connectivity index (χ0v) is 29.2. The molecule has 0 saturated heterocycles. The largest absolute Gasteiger partial charge is 0.507 e. The number of Topliss-reactive ketones (excluding diaryl/α,β-unsaturated/α-hetero) is 2. The van der Waals surface area contributed by atoms with Crippen LogP contribution in [0.3, 0.4) is 0 Å². The van der Waals surface area contributed by atoms with E-state index in [2.05, 4.69) is 10.3 Å². The first-order valence-electron chi connectivity index (χ1n) is 15.1. The molecule has 2 N–H and O–H groups in total. The average Bonchev–Trinajstić information content (AvgIpc) is 3.63. The lowest BCUT2D eigenvalue weighted by molar-refractivity contribution is -0.121. The molecule has 12 nitrogen and oxygen atoms in total. The summed E-state index contributed by atoms with van der Waals surface area (Å²) in [6, 6.07) is 4.66. The summed E-state index contributed by atoms with van der Waals surface area (Å²) in [6.07, 6.45) is 0.0611. The maximum absolute atomic E-state index is 14.4. The zero-order chi connectivity index (χ0) is 34.9. The number of hydrogen-bond acceptors (Lipinski definition) is 12. The van der Waals surface area contributed by atoms with E-state index in [1.165, 1.54) is 53.0 Å². The van der Waals surface area contributed by atoms with E-state index in [0.29, 0.717) is 24.3 Å². The van der Waals surface area contributed by atoms with Gasteiger partial charge in [-0.3, -0.25) is 14.4 Å². The van der Waals surface area contributed by atoms with Crippen LogP contribution in [0.25, 0.3) is 0 Å². The van der Waals surface area contributed by atoms with Gasteiger partial charge in [0.25, 0.3) is 0 Å². The summed E-state index contributed by atoms with van der Waals surface area (Å²) >= 11 is 8.11. The van der Waals surface area contributed by atoms with E-state index in [9.17, 15) is 19.5 Å². The summed E-state index contributed by atoms with van der Waals surface area (Å²) < 4.78 is 33.8. The lowest BCUT2D eigenvalue weighted by Crippen LogP contribution is -2.53. The second-order valence-electron chi connectivity index (χ2n) is 11.5. The molecule has 1 amide bonds. The fraction of sp³-hybridized carbons (Fsp3) is 0.412. The lowest BCUT2D eigenvalue weighted by Gasteiger charge is -2.38. The second-order valence-corrected chi connectivity index (χ2v) is 12.8. The van der Waals surface area contributed by atoms with Crippen molar-refractivity contribution in [3.63, 3.8) is 0 Å². The highest BCUT2D eigenvalue weighted by atomic mass is 35.5. The van der Waals surface area contributed by atoms with Crippen LogP contribution in [-0.2, 0) is 16.0 Å². The minimum absolute atomic E-state index is 0.00736. The summed E-state index contributed by atoms with van der Waals surface area (Å²) in [5.41, 5.74) is -0.887. The van der Waals surface area contributed by atoms with Gasteiger partial charge in [0.1, 0.15) is 22.1 Å². The predicted molar refractivity (Wildman–Crippen MR) is 178 cm³/mol. The topological polar surface area (TPSA) is 152 Å². The standard InChI is InChI=1S/C34H37ClN2O10S/c1-16-10-20(38)27(32(40)34(16)33(41)28-21(42-3)14-22(43-4)29(35)31(28)47-34)19(13-25(39)36-9-8-26-37-17(2)15-48-26)18-11-23(44-5)30(46-7)24(12-18)45-6/h11-12,14-16,19,40H,8-10,13H2,1-7H3,(H,36,39). The van der Waals surface area contributed by atoms with E-state index >= 15 is 0 Å². The van der Waals surface area contributed by atoms with Crippen LogP contribution in [-0.4, -0.2) is 75.3 Å². The number of ketones is 2. The van der Waals surface area contributed by atoms with Crippen LogP contribution >= 0.6 is 22.9 Å². The summed E-state index contributed by atoms with van der Waals surface area (Å²) in [5.74, 6) is -2.88. The highest BCUT2D eigenvalue weighted by molar-refractivity contribution is 7.09. The van der Waals surface area contributed by atoms with Gasteiger partial charge in [0.15, 0.2) is 28.8 Å². The lowest BCUT2D eigenvalue weighted by atomic mass is 9.69. The maximum atomic E-state index is 14.4. The number of hydrogen-bond donors (Lipinski definition) is 2. The second kappa shape index (κ2) is 13.9. The number of thiazole rings is 1. The minimum Gasteiger partial charge on any atom is -0.507 e. The number of aromatic nitrogens is 1. The number of fused-ring (bicyclic) bond motifs is 1. The van der Waals surface area contributed by atoms with Crippen LogP contribution in [0.1, 0.15) is 52.3 Å². The third-order valence-corrected chi connectivity index (χ3v) is 10.1. The molecule has 3 aromatic rings. The van der Waals surface area contributed by atoms with Gasteiger partial charge in [0, 0.05) is 60.4 Å². The number of methoxy groups -OCH3 is 5. The average molecular weight is 701 g/mol. The minimum atomic E-state index is -2.03. The van der Waals surface area contributed by atoms with Crippen LogP contribution in [0.5, 0.6) is 34.5 Å². The van der Waals surface area contributed by atoms with Crippen molar-refractivity contribution in [2.75, 3.05) is 42.1 Å². The van der Waals surface area contributed by atoms with Gasteiger partial charge in [0.2, 0.25) is 23.0 Å². The van der Waals surface area contributed by atoms with Crippen molar-refractivity contribution < 1.29 is 47.9 Å². The van der Waals surface area contributed by atoms with Crippen LogP contribution in [0.2, 0.25) is 5.02 Å². The van der Waals surface area contributed by atoms with Crippen LogP contribution in [0, 0.1) is 12.8 Å². The van der Waals surface area contributed by atoms with Gasteiger partial charge in [-0.25, -0.2) is 4.98 Å². The van der Waals surface area contributed by atoms with E-state index in [1.54, 1.807) is 19.1 Å². The molecule has 48 heavy (non-hydrogen) atoms. The molecule has 0 saturated carbocycles. The molecule has 1 aliphatic heterocycles. The van der Waals surface area contributed by atoms with Gasteiger partial charge in [0.05, 0.1) is 40.6 Å². The van der Waals surface area contributed by atoms with Gasteiger partial charge >= 0.3 is 0 Å². The molecule has 2 aromatic carbocycles. The van der Waals surface area contributed by atoms with E-state index in [0.717, 1.165) is 10.7 Å². The number of ether oxygens (including phenoxy) is 6. The summed E-state index contributed by atoms with van der Waals surface area (Å²) in [6.45, 7) is 3.83. The number of nitrogens with zero attached hydrogens (tertiary/aromatic N) is 1. The molecule has 1 aliphatic carbocycles. The molecule has 2 aliphatic rings. The van der Waals surface area contributed by atoms with Gasteiger partial charge in [-0.1, -0.05) is 18.5 Å². The SMILES string of the molecule is COc1cc(OC)c2c(c1Cl)OC1(C2=O)C(O)=C(C(CC(=O)NCCc2nc(C)cs2)c2cc(OC)c(OC)c(OC)c2)C(=O)CC1C. The molecule has 2 heterocycles. The van der Waals surface area contributed by atoms with Crippen molar-refractivity contribution >= 4 is 40.4 Å². The van der Waals surface area contributed by atoms with E-state index in [-0.39, 0.29) is 57.7 Å². The number of aliphatic hydroxyl groups is 1. The number of allylic oxidation sites excluding steroid dienone is 1. The first kappa shape index (κ1) is 34.8. The highest BCUT2D eigenvalue weighted by Gasteiger charge is 2.61. The summed E-state index contributed by atoms with van der Waals surface area (Å²) in [5, 5.41) is 17.9. The molecule has 3 unspecified atom stereocenters. The van der Waals surface area contributed by atoms with Gasteiger partial charge in [-0.05, 0) is 24.6 Å². The molecule has 0 bridgehead atoms. The monoisotopic (exact) mass is 700 g/mol. The van der Waals surface area contributed by atoms with Crippen molar-refractivity contribution in [2.24, 2.45) is 5.92 Å². The van der Waals surface area contributed by atoms with Crippen molar-refractivity contribution in [2.45, 2.75) is 44.6 Å². The van der Waals surface area contributed by atoms with Gasteiger partial charge in [-0.2, -0.15) is 0 Å². The van der Waals surface area contributed by atoms with Crippen molar-refractivity contribution in [1.29, 1.82) is 0 Å². The predicted octanol–water partition coefficient (Wildman–Crippen LogP) is 5.42. The van der Waals surface area contributed by atoms with Crippen molar-refractivity contribution in [1.82, 2.24) is 10.3 Å². The molecular weight excluding hydrogens is 664 g/mol. The Balaban J connectivity index is 1.64. The molecule has 0 fully saturated rings. The summed E-state index contributed by atoms with van der Waals surface area (Å²) in [4.78, 5) is 46.3. The van der Waals surface area contributed by atoms with E-state index in [4.69, 9.17) is 40.0 Å². The Morgan fingerprint density at radius 3 is 2.27 bits per heavy atom. The van der Waals surface area contributed by atoms with Crippen LogP contribution in [0.15, 0.2) is 34.9 Å². The Bertz CT molecular complexity index is 1780. The number of carbonyl (C=O) groups is 3. The molecule has 5 rings (SSSR count). The Labute approximate surface area is 286 Å². The first-order chi connectivity index (χ1) is 22.9. The zero-order valence-electron chi connectivity index (χ0n) is 27.6. The molecular formula is C34H37ClN2O10S. The number of aryl methyl sites for hydroxylation is 1. The number of amides is 1. The number of halogens is 1. The Morgan fingerprint density at radius 2 is 1.71 bits per heavy atom. The highest BCUT2D eigenvalue weighted by Crippen LogP contribution is 2.56. The molecule has 14 heteroatoms. The fourth-order valence-electron chi connectivity index (χ4n) is 6.31. The molecule has 1 aromatic heterocycles. The van der Waals surface area contributed by atoms with Crippen molar-refractivity contribution in [3.8, 4) is 34.5 Å². The maximum Gasteiger partial charge on any atom is 0.231 e. The Hall–Kier alpha value is -4.49. The van der Waals surface area contributed by atoms with E-state index in [1.807, 2.05) is 12.3 Å². The molecule has 0 radical (unpaired) electrons. The summed E-state index contributed by atoms with van der Waals surface area (Å²) in [7, 11) is 7.12. The number of benzene rings is 2. The van der Waals surface area contributed by atoms with Crippen LogP contribution in [0.4, 0.5) is 0 Å². The molecule has 3 atom stereocenters. The van der Waals surface area contributed by atoms with Gasteiger partial charge < -0.3 is 38.8 Å². The van der Waals surface area contributed by atoms with Crippen molar-refractivity contribution in [3.05, 3.63) is 61.8 Å². The third kappa shape index (κ3) is 5.89. The molecule has 256 valence electrons. The fourth-order valence-corrected chi connectivity index (χ4v) is 7.35. The van der Waals surface area contributed by atoms with Crippen LogP contribution < -0.4 is 33.7 Å². The van der Waals surface area contributed by atoms with E-state index < -0.39 is 40.7 Å². The third-order valence-electron chi connectivity index (χ3n) is 8.67. The number of nitrogens with one attached hydrogen (secondary N) is 1.